The standard InChI is InChI=1S/C23H22F3NO3/c24-23(25,26)18-8-6-16(7-9-18)21(28)17-12-19-10-11-20(13-17)27(19)22(29)30-14-15-4-2-1-3-5-15/h1-9,17,19-20H,10-14H2. The Morgan fingerprint density at radius 3 is 2.10 bits per heavy atom. The van der Waals surface area contributed by atoms with Gasteiger partial charge in [0.05, 0.1) is 5.56 Å². The van der Waals surface area contributed by atoms with E-state index >= 15 is 0 Å². The van der Waals surface area contributed by atoms with Crippen molar-refractivity contribution in [2.45, 2.75) is 50.6 Å². The average molecular weight is 417 g/mol. The lowest BCUT2D eigenvalue weighted by molar-refractivity contribution is -0.137. The second-order valence-electron chi connectivity index (χ2n) is 7.94. The first-order chi connectivity index (χ1) is 14.3. The highest BCUT2D eigenvalue weighted by molar-refractivity contribution is 5.98. The van der Waals surface area contributed by atoms with Crippen molar-refractivity contribution in [1.82, 2.24) is 4.90 Å². The normalized spacial score (nSPS) is 23.3. The number of halogens is 3. The number of carbonyl (C=O) groups excluding carboxylic acids is 2. The summed E-state index contributed by atoms with van der Waals surface area (Å²) in [4.78, 5) is 27.2. The Morgan fingerprint density at radius 1 is 0.933 bits per heavy atom. The van der Waals surface area contributed by atoms with E-state index in [1.54, 1.807) is 4.90 Å². The first kappa shape index (κ1) is 20.4. The third-order valence-electron chi connectivity index (χ3n) is 6.02. The Labute approximate surface area is 172 Å². The largest absolute Gasteiger partial charge is 0.445 e. The highest BCUT2D eigenvalue weighted by Crippen LogP contribution is 2.40. The summed E-state index contributed by atoms with van der Waals surface area (Å²) >= 11 is 0. The molecule has 0 radical (unpaired) electrons. The fourth-order valence-electron chi connectivity index (χ4n) is 4.54. The summed E-state index contributed by atoms with van der Waals surface area (Å²) in [5, 5.41) is 0. The van der Waals surface area contributed by atoms with Gasteiger partial charge in [-0.15, -0.1) is 0 Å². The van der Waals surface area contributed by atoms with Gasteiger partial charge in [0, 0.05) is 23.6 Å². The molecule has 2 aliphatic heterocycles. The van der Waals surface area contributed by atoms with Gasteiger partial charge < -0.3 is 9.64 Å². The van der Waals surface area contributed by atoms with Crippen LogP contribution in [0.1, 0.15) is 47.2 Å². The number of benzene rings is 2. The summed E-state index contributed by atoms with van der Waals surface area (Å²) < 4.78 is 43.7. The zero-order chi connectivity index (χ0) is 21.3. The van der Waals surface area contributed by atoms with Crippen molar-refractivity contribution in [3.05, 3.63) is 71.3 Å². The van der Waals surface area contributed by atoms with Crippen LogP contribution in [0.2, 0.25) is 0 Å². The maximum atomic E-state index is 12.9. The van der Waals surface area contributed by atoms with Gasteiger partial charge in [0.15, 0.2) is 5.78 Å². The van der Waals surface area contributed by atoms with Crippen molar-refractivity contribution in [3.63, 3.8) is 0 Å². The summed E-state index contributed by atoms with van der Waals surface area (Å²) in [7, 11) is 0. The van der Waals surface area contributed by atoms with Crippen LogP contribution in [-0.4, -0.2) is 28.9 Å². The van der Waals surface area contributed by atoms with Crippen LogP contribution < -0.4 is 0 Å². The Hall–Kier alpha value is -2.83. The minimum absolute atomic E-state index is 0.0737. The Bertz CT molecular complexity index is 898. The first-order valence-corrected chi connectivity index (χ1v) is 10.0. The fourth-order valence-corrected chi connectivity index (χ4v) is 4.54. The van der Waals surface area contributed by atoms with E-state index in [-0.39, 0.29) is 42.0 Å². The van der Waals surface area contributed by atoms with E-state index in [1.165, 1.54) is 12.1 Å². The monoisotopic (exact) mass is 417 g/mol. The lowest BCUT2D eigenvalue weighted by atomic mass is 9.85. The van der Waals surface area contributed by atoms with Crippen LogP contribution in [0, 0.1) is 5.92 Å². The van der Waals surface area contributed by atoms with Crippen LogP contribution in [-0.2, 0) is 17.5 Å². The van der Waals surface area contributed by atoms with Crippen molar-refractivity contribution in [2.24, 2.45) is 5.92 Å². The second kappa shape index (κ2) is 8.13. The molecule has 2 bridgehead atoms. The lowest BCUT2D eigenvalue weighted by Gasteiger charge is -2.37. The molecule has 2 saturated heterocycles. The molecular formula is C23H22F3NO3. The minimum atomic E-state index is -4.42. The second-order valence-corrected chi connectivity index (χ2v) is 7.94. The summed E-state index contributed by atoms with van der Waals surface area (Å²) in [6, 6.07) is 13.6. The van der Waals surface area contributed by atoms with Crippen molar-refractivity contribution in [2.75, 3.05) is 0 Å². The summed E-state index contributed by atoms with van der Waals surface area (Å²) in [5.41, 5.74) is 0.424. The summed E-state index contributed by atoms with van der Waals surface area (Å²) in [6.45, 7) is 0.198. The predicted octanol–water partition coefficient (Wildman–Crippen LogP) is 5.47. The van der Waals surface area contributed by atoms with Gasteiger partial charge in [-0.25, -0.2) is 4.79 Å². The van der Waals surface area contributed by atoms with E-state index < -0.39 is 11.7 Å². The molecule has 0 aliphatic carbocycles. The molecule has 30 heavy (non-hydrogen) atoms. The maximum Gasteiger partial charge on any atom is 0.416 e. The van der Waals surface area contributed by atoms with E-state index in [2.05, 4.69) is 0 Å². The van der Waals surface area contributed by atoms with Crippen molar-refractivity contribution < 1.29 is 27.5 Å². The van der Waals surface area contributed by atoms with Crippen LogP contribution in [0.3, 0.4) is 0 Å². The molecule has 0 saturated carbocycles. The lowest BCUT2D eigenvalue weighted by Crippen LogP contribution is -2.48. The first-order valence-electron chi connectivity index (χ1n) is 10.0. The van der Waals surface area contributed by atoms with Crippen LogP contribution in [0.5, 0.6) is 0 Å². The molecule has 2 unspecified atom stereocenters. The molecule has 2 heterocycles. The van der Waals surface area contributed by atoms with Gasteiger partial charge in [-0.05, 0) is 43.4 Å². The number of ketones is 1. The number of piperidine rings is 1. The Morgan fingerprint density at radius 2 is 1.53 bits per heavy atom. The number of alkyl halides is 3. The molecule has 2 fully saturated rings. The van der Waals surface area contributed by atoms with Crippen molar-refractivity contribution >= 4 is 11.9 Å². The number of hydrogen-bond donors (Lipinski definition) is 0. The molecule has 4 nitrogen and oxygen atoms in total. The zero-order valence-electron chi connectivity index (χ0n) is 16.3. The quantitative estimate of drug-likeness (QED) is 0.620. The Balaban J connectivity index is 1.38. The molecule has 2 aromatic carbocycles. The van der Waals surface area contributed by atoms with Gasteiger partial charge in [-0.1, -0.05) is 42.5 Å². The SMILES string of the molecule is O=C(c1ccc(C(F)(F)F)cc1)C1CC2CCC(C1)N2C(=O)OCc1ccccc1. The maximum absolute atomic E-state index is 12.9. The number of ether oxygens (including phenoxy) is 1. The number of carbonyl (C=O) groups is 2. The smallest absolute Gasteiger partial charge is 0.416 e. The highest BCUT2D eigenvalue weighted by Gasteiger charge is 2.46. The third kappa shape index (κ3) is 4.20. The topological polar surface area (TPSA) is 46.6 Å². The number of nitrogens with zero attached hydrogens (tertiary/aromatic N) is 1. The summed E-state index contributed by atoms with van der Waals surface area (Å²) in [5.74, 6) is -0.449. The van der Waals surface area contributed by atoms with Crippen LogP contribution >= 0.6 is 0 Å². The molecule has 4 rings (SSSR count). The number of Topliss-reactive ketones (excluding diaryl/α,β-unsaturated/α-hetero) is 1. The molecular weight excluding hydrogens is 395 g/mol. The van der Waals surface area contributed by atoms with Crippen LogP contribution in [0.25, 0.3) is 0 Å². The molecule has 7 heteroatoms. The molecule has 0 spiro atoms. The number of hydrogen-bond acceptors (Lipinski definition) is 3. The number of rotatable bonds is 4. The predicted molar refractivity (Wildman–Crippen MR) is 104 cm³/mol. The third-order valence-corrected chi connectivity index (χ3v) is 6.02. The molecule has 2 atom stereocenters. The van der Waals surface area contributed by atoms with Gasteiger partial charge >= 0.3 is 12.3 Å². The van der Waals surface area contributed by atoms with E-state index in [1.807, 2.05) is 30.3 Å². The van der Waals surface area contributed by atoms with Gasteiger partial charge in [-0.2, -0.15) is 13.2 Å². The van der Waals surface area contributed by atoms with E-state index in [9.17, 15) is 22.8 Å². The molecule has 2 aromatic rings. The van der Waals surface area contributed by atoms with Crippen molar-refractivity contribution in [1.29, 1.82) is 0 Å². The zero-order valence-corrected chi connectivity index (χ0v) is 16.3. The highest BCUT2D eigenvalue weighted by atomic mass is 19.4. The van der Waals surface area contributed by atoms with E-state index in [0.717, 1.165) is 30.5 Å². The molecule has 2 aliphatic rings. The average Bonchev–Trinajstić information content (AvgIpc) is 3.01. The molecule has 158 valence electrons. The van der Waals surface area contributed by atoms with E-state index in [0.29, 0.717) is 12.8 Å². The van der Waals surface area contributed by atoms with Gasteiger partial charge in [-0.3, -0.25) is 4.79 Å². The fraction of sp³-hybridized carbons (Fsp3) is 0.391. The van der Waals surface area contributed by atoms with Gasteiger partial charge in [0.2, 0.25) is 0 Å². The van der Waals surface area contributed by atoms with Crippen LogP contribution in [0.4, 0.5) is 18.0 Å². The van der Waals surface area contributed by atoms with Crippen LogP contribution in [0.15, 0.2) is 54.6 Å². The van der Waals surface area contributed by atoms with Crippen molar-refractivity contribution in [3.8, 4) is 0 Å². The number of fused-ring (bicyclic) bond motifs is 2. The molecule has 1 amide bonds. The minimum Gasteiger partial charge on any atom is -0.445 e. The van der Waals surface area contributed by atoms with Gasteiger partial charge in [0.1, 0.15) is 6.61 Å². The summed E-state index contributed by atoms with van der Waals surface area (Å²) in [6.07, 6.45) is -2.16. The van der Waals surface area contributed by atoms with Gasteiger partial charge in [0.25, 0.3) is 0 Å². The number of amides is 1. The van der Waals surface area contributed by atoms with E-state index in [4.69, 9.17) is 4.74 Å². The molecule has 0 N–H and O–H groups in total. The Kier molecular flexibility index (Phi) is 5.54. The molecule has 0 aromatic heterocycles.